The minimum Gasteiger partial charge on any atom is -0.481 e. The molecule has 2 aromatic rings. The highest BCUT2D eigenvalue weighted by atomic mass is 16.4. The van der Waals surface area contributed by atoms with E-state index in [1.54, 1.807) is 11.6 Å². The Morgan fingerprint density at radius 2 is 2.10 bits per heavy atom. The van der Waals surface area contributed by atoms with Crippen molar-refractivity contribution in [3.63, 3.8) is 0 Å². The summed E-state index contributed by atoms with van der Waals surface area (Å²) in [5, 5.41) is 20.8. The lowest BCUT2D eigenvalue weighted by Crippen LogP contribution is -2.50. The van der Waals surface area contributed by atoms with Crippen LogP contribution in [0, 0.1) is 11.8 Å². The van der Waals surface area contributed by atoms with Gasteiger partial charge in [0.1, 0.15) is 0 Å². The molecule has 1 fully saturated rings. The number of carboxylic acids is 1. The predicted molar refractivity (Wildman–Crippen MR) is 74.7 cm³/mol. The molecular weight excluding hydrogens is 270 g/mol. The Bertz CT molecular complexity index is 621. The molecule has 2 heterocycles. The van der Waals surface area contributed by atoms with Crippen LogP contribution in [0.25, 0.3) is 5.69 Å². The van der Waals surface area contributed by atoms with Gasteiger partial charge in [0, 0.05) is 13.1 Å². The van der Waals surface area contributed by atoms with Crippen LogP contribution in [0.2, 0.25) is 0 Å². The lowest BCUT2D eigenvalue weighted by atomic mass is 9.87. The van der Waals surface area contributed by atoms with Gasteiger partial charge in [0.05, 0.1) is 18.2 Å². The molecule has 7 nitrogen and oxygen atoms in total. The minimum absolute atomic E-state index is 0.212. The first-order valence-corrected chi connectivity index (χ1v) is 6.93. The zero-order valence-corrected chi connectivity index (χ0v) is 11.8. The average molecular weight is 287 g/mol. The Hall–Kier alpha value is -2.28. The van der Waals surface area contributed by atoms with Crippen molar-refractivity contribution in [1.82, 2.24) is 25.1 Å². The Kier molecular flexibility index (Phi) is 3.66. The fourth-order valence-corrected chi connectivity index (χ4v) is 2.53. The third-order valence-electron chi connectivity index (χ3n) is 3.98. The highest BCUT2D eigenvalue weighted by Gasteiger charge is 2.35. The zero-order valence-electron chi connectivity index (χ0n) is 11.8. The van der Waals surface area contributed by atoms with Crippen LogP contribution in [0.1, 0.15) is 12.7 Å². The van der Waals surface area contributed by atoms with Crippen molar-refractivity contribution in [1.29, 1.82) is 0 Å². The summed E-state index contributed by atoms with van der Waals surface area (Å²) in [6, 6.07) is 9.72. The maximum Gasteiger partial charge on any atom is 0.306 e. The van der Waals surface area contributed by atoms with Crippen LogP contribution in [-0.4, -0.2) is 49.3 Å². The molecule has 1 aliphatic heterocycles. The van der Waals surface area contributed by atoms with E-state index in [0.29, 0.717) is 6.54 Å². The largest absolute Gasteiger partial charge is 0.481 e. The summed E-state index contributed by atoms with van der Waals surface area (Å²) < 4.78 is 1.72. The van der Waals surface area contributed by atoms with E-state index in [1.807, 2.05) is 30.3 Å². The summed E-state index contributed by atoms with van der Waals surface area (Å²) in [5.41, 5.74) is 0.925. The van der Waals surface area contributed by atoms with Gasteiger partial charge in [-0.05, 0) is 28.5 Å². The van der Waals surface area contributed by atoms with Gasteiger partial charge in [0.15, 0.2) is 5.82 Å². The summed E-state index contributed by atoms with van der Waals surface area (Å²) in [6.07, 6.45) is 0. The van der Waals surface area contributed by atoms with Gasteiger partial charge in [-0.25, -0.2) is 0 Å². The topological polar surface area (TPSA) is 84.1 Å². The summed E-state index contributed by atoms with van der Waals surface area (Å²) in [7, 11) is 0. The van der Waals surface area contributed by atoms with Crippen molar-refractivity contribution in [3.8, 4) is 5.69 Å². The van der Waals surface area contributed by atoms with Gasteiger partial charge in [-0.3, -0.25) is 9.69 Å². The molecule has 0 aliphatic carbocycles. The van der Waals surface area contributed by atoms with Crippen molar-refractivity contribution in [3.05, 3.63) is 36.2 Å². The number of carbonyl (C=O) groups is 1. The first-order chi connectivity index (χ1) is 10.1. The molecule has 0 bridgehead atoms. The molecule has 1 unspecified atom stereocenters. The van der Waals surface area contributed by atoms with Crippen LogP contribution < -0.4 is 0 Å². The van der Waals surface area contributed by atoms with Crippen LogP contribution in [0.15, 0.2) is 30.3 Å². The molecule has 1 saturated heterocycles. The second-order valence-electron chi connectivity index (χ2n) is 5.42. The van der Waals surface area contributed by atoms with E-state index >= 15 is 0 Å². The highest BCUT2D eigenvalue weighted by molar-refractivity contribution is 5.70. The second kappa shape index (κ2) is 5.61. The van der Waals surface area contributed by atoms with E-state index in [0.717, 1.165) is 24.6 Å². The lowest BCUT2D eigenvalue weighted by molar-refractivity contribution is -0.145. The minimum atomic E-state index is -0.728. The predicted octanol–water partition coefficient (Wildman–Crippen LogP) is 0.815. The Balaban J connectivity index is 1.64. The van der Waals surface area contributed by atoms with Crippen LogP contribution in [0.3, 0.4) is 0 Å². The summed E-state index contributed by atoms with van der Waals surface area (Å²) in [4.78, 5) is 13.1. The third kappa shape index (κ3) is 2.78. The summed E-state index contributed by atoms with van der Waals surface area (Å²) in [6.45, 7) is 3.94. The normalized spacial score (nSPS) is 17.4. The van der Waals surface area contributed by atoms with Gasteiger partial charge < -0.3 is 5.11 Å². The lowest BCUT2D eigenvalue weighted by Gasteiger charge is -2.40. The first-order valence-electron chi connectivity index (χ1n) is 6.93. The number of hydrogen-bond donors (Lipinski definition) is 1. The van der Waals surface area contributed by atoms with Gasteiger partial charge in [-0.15, -0.1) is 5.10 Å². The second-order valence-corrected chi connectivity index (χ2v) is 5.42. The van der Waals surface area contributed by atoms with E-state index in [4.69, 9.17) is 5.11 Å². The summed E-state index contributed by atoms with van der Waals surface area (Å²) in [5.74, 6) is -0.0497. The van der Waals surface area contributed by atoms with E-state index in [1.165, 1.54) is 0 Å². The Morgan fingerprint density at radius 1 is 1.38 bits per heavy atom. The molecule has 110 valence electrons. The van der Waals surface area contributed by atoms with Gasteiger partial charge in [-0.2, -0.15) is 4.68 Å². The molecule has 7 heteroatoms. The van der Waals surface area contributed by atoms with E-state index < -0.39 is 5.97 Å². The summed E-state index contributed by atoms with van der Waals surface area (Å²) >= 11 is 0. The number of benzene rings is 1. The van der Waals surface area contributed by atoms with Crippen molar-refractivity contribution in [2.45, 2.75) is 13.5 Å². The van der Waals surface area contributed by atoms with E-state index in [2.05, 4.69) is 20.4 Å². The maximum atomic E-state index is 10.9. The van der Waals surface area contributed by atoms with Crippen LogP contribution in [0.5, 0.6) is 0 Å². The molecule has 1 aromatic carbocycles. The SMILES string of the molecule is CC(C(=O)O)C1CN(Cc2nnnn2-c2ccccc2)C1. The number of nitrogens with zero attached hydrogens (tertiary/aromatic N) is 5. The molecule has 3 rings (SSSR count). The Morgan fingerprint density at radius 3 is 2.76 bits per heavy atom. The quantitative estimate of drug-likeness (QED) is 0.876. The molecule has 1 aromatic heterocycles. The number of likely N-dealkylation sites (tertiary alicyclic amines) is 1. The smallest absolute Gasteiger partial charge is 0.306 e. The number of tetrazole rings is 1. The maximum absolute atomic E-state index is 10.9. The number of para-hydroxylation sites is 1. The molecule has 0 saturated carbocycles. The average Bonchev–Trinajstić information content (AvgIpc) is 2.90. The number of carboxylic acid groups (broad SMARTS) is 1. The third-order valence-corrected chi connectivity index (χ3v) is 3.98. The number of aliphatic carboxylic acids is 1. The van der Waals surface area contributed by atoms with E-state index in [9.17, 15) is 4.79 Å². The first kappa shape index (κ1) is 13.7. The molecule has 1 N–H and O–H groups in total. The molecule has 0 radical (unpaired) electrons. The van der Waals surface area contributed by atoms with Crippen LogP contribution in [0.4, 0.5) is 0 Å². The number of rotatable bonds is 5. The van der Waals surface area contributed by atoms with Crippen LogP contribution >= 0.6 is 0 Å². The molecule has 21 heavy (non-hydrogen) atoms. The fraction of sp³-hybridized carbons (Fsp3) is 0.429. The molecule has 0 spiro atoms. The van der Waals surface area contributed by atoms with Crippen molar-refractivity contribution in [2.24, 2.45) is 11.8 Å². The molecular formula is C14H17N5O2. The molecule has 1 atom stereocenters. The van der Waals surface area contributed by atoms with Crippen LogP contribution in [-0.2, 0) is 11.3 Å². The Labute approximate surface area is 122 Å². The highest BCUT2D eigenvalue weighted by Crippen LogP contribution is 2.25. The van der Waals surface area contributed by atoms with E-state index in [-0.39, 0.29) is 11.8 Å². The van der Waals surface area contributed by atoms with Gasteiger partial charge in [0.2, 0.25) is 0 Å². The van der Waals surface area contributed by atoms with Gasteiger partial charge in [0.25, 0.3) is 0 Å². The van der Waals surface area contributed by atoms with Crippen molar-refractivity contribution < 1.29 is 9.90 Å². The number of hydrogen-bond acceptors (Lipinski definition) is 5. The van der Waals surface area contributed by atoms with Gasteiger partial charge >= 0.3 is 5.97 Å². The van der Waals surface area contributed by atoms with Crippen molar-refractivity contribution in [2.75, 3.05) is 13.1 Å². The molecule has 1 aliphatic rings. The number of aromatic nitrogens is 4. The van der Waals surface area contributed by atoms with Crippen molar-refractivity contribution >= 4 is 5.97 Å². The zero-order chi connectivity index (χ0) is 14.8. The monoisotopic (exact) mass is 287 g/mol. The molecule has 0 amide bonds. The van der Waals surface area contributed by atoms with Gasteiger partial charge in [-0.1, -0.05) is 25.1 Å². The standard InChI is InChI=1S/C14H17N5O2/c1-10(14(20)21)11-7-18(8-11)9-13-15-16-17-19(13)12-5-3-2-4-6-12/h2-6,10-11H,7-9H2,1H3,(H,20,21). The fourth-order valence-electron chi connectivity index (χ4n) is 2.53.